The first kappa shape index (κ1) is 26.7. The van der Waals surface area contributed by atoms with Gasteiger partial charge in [-0.15, -0.1) is 15.0 Å². The summed E-state index contributed by atoms with van der Waals surface area (Å²) in [6, 6.07) is 11.6. The van der Waals surface area contributed by atoms with Gasteiger partial charge in [0.25, 0.3) is 6.29 Å². The van der Waals surface area contributed by atoms with Gasteiger partial charge in [0, 0.05) is 26.9 Å². The van der Waals surface area contributed by atoms with E-state index in [9.17, 15) is 13.2 Å². The fourth-order valence-electron chi connectivity index (χ4n) is 3.99. The Hall–Kier alpha value is -3.39. The maximum atomic E-state index is 12.8. The molecule has 0 amide bonds. The summed E-state index contributed by atoms with van der Waals surface area (Å²) in [7, 11) is 4.68. The van der Waals surface area contributed by atoms with E-state index in [1.807, 2.05) is 6.92 Å². The molecule has 0 N–H and O–H groups in total. The fraction of sp³-hybridized carbons (Fsp3) is 0.417. The van der Waals surface area contributed by atoms with Gasteiger partial charge in [0.2, 0.25) is 5.82 Å². The van der Waals surface area contributed by atoms with Crippen molar-refractivity contribution in [3.63, 3.8) is 0 Å². The number of nitrogens with zero attached hydrogens (tertiary/aromatic N) is 5. The molecule has 0 bridgehead atoms. The van der Waals surface area contributed by atoms with Gasteiger partial charge >= 0.3 is 6.18 Å². The first-order chi connectivity index (χ1) is 17.7. The lowest BCUT2D eigenvalue weighted by Crippen LogP contribution is -2.59. The van der Waals surface area contributed by atoms with Crippen molar-refractivity contribution in [3.05, 3.63) is 59.7 Å². The molecule has 2 heterocycles. The van der Waals surface area contributed by atoms with Gasteiger partial charge in [0.05, 0.1) is 23.6 Å². The SMILES string of the molecule is CO[C@@H]1[C@@H](OC)[C@@H](C)O[C@@H](O/N=C/c2ccc(-n3nnc(-c4ccc(C(F)(F)F)cc4)n3)cc2)[C@@H]1OC. The quantitative estimate of drug-likeness (QED) is 0.328. The Kier molecular flexibility index (Phi) is 8.17. The molecule has 10 nitrogen and oxygen atoms in total. The summed E-state index contributed by atoms with van der Waals surface area (Å²) in [5, 5.41) is 16.2. The molecular weight excluding hydrogens is 495 g/mol. The number of benzene rings is 2. The summed E-state index contributed by atoms with van der Waals surface area (Å²) in [6.45, 7) is 1.85. The molecule has 1 saturated heterocycles. The minimum atomic E-state index is -4.41. The fourth-order valence-corrected chi connectivity index (χ4v) is 3.99. The van der Waals surface area contributed by atoms with E-state index in [2.05, 4.69) is 20.6 Å². The van der Waals surface area contributed by atoms with Gasteiger partial charge in [-0.3, -0.25) is 0 Å². The number of ether oxygens (including phenoxy) is 4. The second-order valence-corrected chi connectivity index (χ2v) is 8.22. The molecule has 0 unspecified atom stereocenters. The van der Waals surface area contributed by atoms with Gasteiger partial charge in [-0.1, -0.05) is 29.4 Å². The smallest absolute Gasteiger partial charge is 0.376 e. The van der Waals surface area contributed by atoms with Crippen molar-refractivity contribution in [2.75, 3.05) is 21.3 Å². The van der Waals surface area contributed by atoms with E-state index in [0.29, 0.717) is 11.3 Å². The highest BCUT2D eigenvalue weighted by atomic mass is 19.4. The molecule has 0 aliphatic carbocycles. The van der Waals surface area contributed by atoms with Crippen molar-refractivity contribution >= 4 is 6.21 Å². The van der Waals surface area contributed by atoms with Crippen molar-refractivity contribution < 1.29 is 37.0 Å². The topological polar surface area (TPSA) is 102 Å². The van der Waals surface area contributed by atoms with E-state index in [4.69, 9.17) is 23.8 Å². The number of rotatable bonds is 8. The number of hydrogen-bond acceptors (Lipinski definition) is 9. The summed E-state index contributed by atoms with van der Waals surface area (Å²) >= 11 is 0. The molecule has 13 heteroatoms. The van der Waals surface area contributed by atoms with E-state index < -0.39 is 30.2 Å². The Morgan fingerprint density at radius 2 is 1.57 bits per heavy atom. The number of alkyl halides is 3. The van der Waals surface area contributed by atoms with E-state index in [1.54, 1.807) is 38.5 Å². The minimum Gasteiger partial charge on any atom is -0.376 e. The standard InChI is InChI=1S/C24H26F3N5O5/c1-14-19(33-2)20(34-3)21(35-4)23(36-14)37-28-13-15-5-11-18(12-6-15)32-30-22(29-31-32)16-7-9-17(10-8-16)24(25,26)27/h5-14,19-21,23H,1-4H3/b28-13+/t14-,19+,20-,21-,23+/m1/s1. The number of halogens is 3. The third-order valence-corrected chi connectivity index (χ3v) is 5.92. The molecule has 0 radical (unpaired) electrons. The van der Waals surface area contributed by atoms with Gasteiger partial charge < -0.3 is 23.8 Å². The van der Waals surface area contributed by atoms with Crippen molar-refractivity contribution in [2.24, 2.45) is 5.16 Å². The van der Waals surface area contributed by atoms with Crippen LogP contribution >= 0.6 is 0 Å². The number of hydrogen-bond donors (Lipinski definition) is 0. The molecule has 1 aliphatic rings. The molecule has 1 aromatic heterocycles. The number of aromatic nitrogens is 4. The molecule has 5 atom stereocenters. The Bertz CT molecular complexity index is 1190. The molecule has 0 spiro atoms. The first-order valence-electron chi connectivity index (χ1n) is 11.3. The normalized spacial score (nSPS) is 24.5. The average molecular weight is 521 g/mol. The predicted molar refractivity (Wildman–Crippen MR) is 125 cm³/mol. The lowest BCUT2D eigenvalue weighted by molar-refractivity contribution is -0.305. The van der Waals surface area contributed by atoms with Gasteiger partial charge in [0.1, 0.15) is 12.2 Å². The van der Waals surface area contributed by atoms with Gasteiger partial charge in [-0.05, 0) is 42.0 Å². The zero-order valence-electron chi connectivity index (χ0n) is 20.5. The van der Waals surface area contributed by atoms with Gasteiger partial charge in [0.15, 0.2) is 6.10 Å². The Balaban J connectivity index is 1.40. The number of oxime groups is 1. The second-order valence-electron chi connectivity index (χ2n) is 8.22. The molecule has 0 saturated carbocycles. The molecule has 37 heavy (non-hydrogen) atoms. The summed E-state index contributed by atoms with van der Waals surface area (Å²) in [4.78, 5) is 6.84. The van der Waals surface area contributed by atoms with Crippen LogP contribution < -0.4 is 0 Å². The highest BCUT2D eigenvalue weighted by Crippen LogP contribution is 2.30. The third kappa shape index (κ3) is 5.96. The third-order valence-electron chi connectivity index (χ3n) is 5.92. The molecule has 1 aliphatic heterocycles. The molecule has 2 aromatic carbocycles. The Morgan fingerprint density at radius 3 is 2.16 bits per heavy atom. The summed E-state index contributed by atoms with van der Waals surface area (Å²) in [6.07, 6.45) is -5.28. The molecular formula is C24H26F3N5O5. The van der Waals surface area contributed by atoms with Crippen LogP contribution in [0.3, 0.4) is 0 Å². The van der Waals surface area contributed by atoms with Crippen LogP contribution in [-0.2, 0) is 30.0 Å². The van der Waals surface area contributed by atoms with Crippen molar-refractivity contribution in [1.29, 1.82) is 0 Å². The van der Waals surface area contributed by atoms with Crippen LogP contribution in [0.4, 0.5) is 13.2 Å². The monoisotopic (exact) mass is 521 g/mol. The van der Waals surface area contributed by atoms with Crippen LogP contribution in [0.25, 0.3) is 17.1 Å². The molecule has 1 fully saturated rings. The predicted octanol–water partition coefficient (Wildman–Crippen LogP) is 3.49. The zero-order chi connectivity index (χ0) is 26.6. The van der Waals surface area contributed by atoms with Crippen LogP contribution in [-0.4, -0.2) is 78.5 Å². The summed E-state index contributed by atoms with van der Waals surface area (Å²) in [5.41, 5.74) is 0.995. The van der Waals surface area contributed by atoms with Crippen LogP contribution in [0.2, 0.25) is 0 Å². The van der Waals surface area contributed by atoms with Crippen LogP contribution in [0.5, 0.6) is 0 Å². The molecule has 198 valence electrons. The Morgan fingerprint density at radius 1 is 0.919 bits per heavy atom. The zero-order valence-corrected chi connectivity index (χ0v) is 20.5. The first-order valence-corrected chi connectivity index (χ1v) is 11.3. The number of tetrazole rings is 1. The largest absolute Gasteiger partial charge is 0.416 e. The maximum Gasteiger partial charge on any atom is 0.416 e. The van der Waals surface area contributed by atoms with Crippen molar-refractivity contribution in [3.8, 4) is 17.1 Å². The lowest BCUT2D eigenvalue weighted by Gasteiger charge is -2.42. The molecule has 4 rings (SSSR count). The van der Waals surface area contributed by atoms with E-state index in [0.717, 1.165) is 17.7 Å². The van der Waals surface area contributed by atoms with E-state index in [1.165, 1.54) is 30.3 Å². The lowest BCUT2D eigenvalue weighted by atomic mass is 9.99. The highest BCUT2D eigenvalue weighted by molar-refractivity contribution is 5.79. The van der Waals surface area contributed by atoms with Crippen LogP contribution in [0, 0.1) is 0 Å². The van der Waals surface area contributed by atoms with E-state index in [-0.39, 0.29) is 18.0 Å². The summed E-state index contributed by atoms with van der Waals surface area (Å²) < 4.78 is 60.7. The van der Waals surface area contributed by atoms with Gasteiger partial charge in [-0.25, -0.2) is 0 Å². The maximum absolute atomic E-state index is 12.8. The van der Waals surface area contributed by atoms with Crippen molar-refractivity contribution in [2.45, 2.75) is 43.8 Å². The van der Waals surface area contributed by atoms with E-state index >= 15 is 0 Å². The van der Waals surface area contributed by atoms with Crippen molar-refractivity contribution in [1.82, 2.24) is 20.2 Å². The van der Waals surface area contributed by atoms with Crippen LogP contribution in [0.15, 0.2) is 53.7 Å². The second kappa shape index (κ2) is 11.3. The van der Waals surface area contributed by atoms with Gasteiger partial charge in [-0.2, -0.15) is 13.2 Å². The summed E-state index contributed by atoms with van der Waals surface area (Å²) in [5.74, 6) is 0.201. The highest BCUT2D eigenvalue weighted by Gasteiger charge is 2.46. The molecule has 3 aromatic rings. The van der Waals surface area contributed by atoms with Crippen LogP contribution in [0.1, 0.15) is 18.1 Å². The minimum absolute atomic E-state index is 0.201. The Labute approximate surface area is 210 Å². The number of methoxy groups -OCH3 is 3. The average Bonchev–Trinajstić information content (AvgIpc) is 3.38.